The molecule has 0 amide bonds. The van der Waals surface area contributed by atoms with Gasteiger partial charge < -0.3 is 9.52 Å². The van der Waals surface area contributed by atoms with E-state index in [0.29, 0.717) is 0 Å². The highest BCUT2D eigenvalue weighted by atomic mass is 32.1. The molecular formula is C18H22O4S. The van der Waals surface area contributed by atoms with Crippen LogP contribution in [0.25, 0.3) is 0 Å². The summed E-state index contributed by atoms with van der Waals surface area (Å²) in [4.78, 5) is 24.9. The molecule has 2 rings (SSSR count). The maximum atomic E-state index is 12.3. The molecule has 23 heavy (non-hydrogen) atoms. The lowest BCUT2D eigenvalue weighted by molar-refractivity contribution is 0.0986. The number of hydrogen-bond acceptors (Lipinski definition) is 5. The summed E-state index contributed by atoms with van der Waals surface area (Å²) in [6.45, 7) is 3.74. The largest absolute Gasteiger partial charge is 0.507 e. The predicted octanol–water partition coefficient (Wildman–Crippen LogP) is 4.26. The second kappa shape index (κ2) is 8.11. The molecule has 0 radical (unpaired) electrons. The van der Waals surface area contributed by atoms with E-state index in [9.17, 15) is 14.7 Å². The molecule has 1 N–H and O–H groups in total. The Kier molecular flexibility index (Phi) is 6.16. The van der Waals surface area contributed by atoms with Crippen LogP contribution >= 0.6 is 11.3 Å². The number of hydrogen-bond donors (Lipinski definition) is 1. The Hall–Kier alpha value is -1.88. The summed E-state index contributed by atoms with van der Waals surface area (Å²) < 4.78 is 4.90. The quantitative estimate of drug-likeness (QED) is 0.578. The molecule has 0 aliphatic rings. The van der Waals surface area contributed by atoms with Crippen LogP contribution in [0.2, 0.25) is 0 Å². The van der Waals surface area contributed by atoms with Crippen molar-refractivity contribution in [2.24, 2.45) is 0 Å². The lowest BCUT2D eigenvalue weighted by atomic mass is 10.1. The van der Waals surface area contributed by atoms with Crippen molar-refractivity contribution >= 4 is 17.1 Å². The van der Waals surface area contributed by atoms with Crippen LogP contribution in [0.1, 0.15) is 59.2 Å². The molecular weight excluding hydrogens is 312 g/mol. The van der Waals surface area contributed by atoms with Gasteiger partial charge in [0.1, 0.15) is 17.1 Å². The molecule has 0 aliphatic carbocycles. The Morgan fingerprint density at radius 2 is 2.04 bits per heavy atom. The molecule has 5 heteroatoms. The van der Waals surface area contributed by atoms with Gasteiger partial charge in [-0.25, -0.2) is 4.79 Å². The van der Waals surface area contributed by atoms with Gasteiger partial charge in [-0.1, -0.05) is 26.2 Å². The summed E-state index contributed by atoms with van der Waals surface area (Å²) in [6.07, 6.45) is 5.97. The van der Waals surface area contributed by atoms with Gasteiger partial charge >= 0.3 is 5.63 Å². The van der Waals surface area contributed by atoms with Crippen LogP contribution in [-0.2, 0) is 12.8 Å². The molecule has 0 spiro atoms. The third-order valence-corrected chi connectivity index (χ3v) is 4.68. The summed E-state index contributed by atoms with van der Waals surface area (Å²) in [5.41, 5.74) is 0.200. The Balaban J connectivity index is 2.01. The molecule has 0 aliphatic heterocycles. The standard InChI is InChI=1S/C18H22O4S/c1-3-4-5-6-7-13-9-14(23-11-13)10-16(20)17-15(19)8-12(2)22-18(17)21/h8-9,11,19H,3-7,10H2,1-2H3. The molecule has 0 aromatic carbocycles. The van der Waals surface area contributed by atoms with E-state index in [1.165, 1.54) is 42.2 Å². The molecule has 2 heterocycles. The van der Waals surface area contributed by atoms with E-state index in [1.54, 1.807) is 6.92 Å². The van der Waals surface area contributed by atoms with E-state index in [1.807, 2.05) is 6.07 Å². The van der Waals surface area contributed by atoms with E-state index < -0.39 is 11.4 Å². The highest BCUT2D eigenvalue weighted by Crippen LogP contribution is 2.21. The van der Waals surface area contributed by atoms with Crippen LogP contribution in [0.3, 0.4) is 0 Å². The molecule has 0 bridgehead atoms. The van der Waals surface area contributed by atoms with Gasteiger partial charge in [0.25, 0.3) is 0 Å². The van der Waals surface area contributed by atoms with Crippen molar-refractivity contribution in [3.63, 3.8) is 0 Å². The normalized spacial score (nSPS) is 10.9. The summed E-state index contributed by atoms with van der Waals surface area (Å²) in [5, 5.41) is 11.9. The van der Waals surface area contributed by atoms with Crippen molar-refractivity contribution in [3.05, 3.63) is 49.7 Å². The van der Waals surface area contributed by atoms with Crippen LogP contribution in [0, 0.1) is 6.92 Å². The number of aromatic hydroxyl groups is 1. The van der Waals surface area contributed by atoms with Gasteiger partial charge in [0.05, 0.1) is 0 Å². The number of thiophene rings is 1. The lowest BCUT2D eigenvalue weighted by Gasteiger charge is -2.02. The molecule has 0 atom stereocenters. The summed E-state index contributed by atoms with van der Waals surface area (Å²) in [5.74, 6) is -0.426. The number of carbonyl (C=O) groups excluding carboxylic acids is 1. The van der Waals surface area contributed by atoms with Crippen molar-refractivity contribution in [1.82, 2.24) is 0 Å². The first kappa shape index (κ1) is 17.5. The smallest absolute Gasteiger partial charge is 0.350 e. The molecule has 0 saturated carbocycles. The average Bonchev–Trinajstić information content (AvgIpc) is 2.90. The van der Waals surface area contributed by atoms with E-state index >= 15 is 0 Å². The summed E-state index contributed by atoms with van der Waals surface area (Å²) in [6, 6.07) is 3.31. The topological polar surface area (TPSA) is 67.5 Å². The lowest BCUT2D eigenvalue weighted by Crippen LogP contribution is -2.16. The van der Waals surface area contributed by atoms with Gasteiger partial charge in [0, 0.05) is 17.4 Å². The third-order valence-electron chi connectivity index (χ3n) is 3.69. The number of unbranched alkanes of at least 4 members (excludes halogenated alkanes) is 3. The minimum Gasteiger partial charge on any atom is -0.507 e. The highest BCUT2D eigenvalue weighted by Gasteiger charge is 2.19. The minimum atomic E-state index is -0.774. The molecule has 2 aromatic rings. The molecule has 4 nitrogen and oxygen atoms in total. The number of ketones is 1. The zero-order chi connectivity index (χ0) is 16.8. The van der Waals surface area contributed by atoms with Crippen molar-refractivity contribution in [3.8, 4) is 5.75 Å². The number of rotatable bonds is 8. The fraction of sp³-hybridized carbons (Fsp3) is 0.444. The zero-order valence-corrected chi connectivity index (χ0v) is 14.4. The SMILES string of the molecule is CCCCCCc1csc(CC(=O)c2c(O)cc(C)oc2=O)c1. The van der Waals surface area contributed by atoms with Gasteiger partial charge in [0.15, 0.2) is 5.78 Å². The summed E-state index contributed by atoms with van der Waals surface area (Å²) >= 11 is 1.52. The summed E-state index contributed by atoms with van der Waals surface area (Å²) in [7, 11) is 0. The number of aryl methyl sites for hydroxylation is 2. The maximum Gasteiger partial charge on any atom is 0.350 e. The second-order valence-corrected chi connectivity index (χ2v) is 6.73. The Morgan fingerprint density at radius 1 is 1.26 bits per heavy atom. The van der Waals surface area contributed by atoms with E-state index in [4.69, 9.17) is 4.42 Å². The van der Waals surface area contributed by atoms with Gasteiger partial charge in [-0.3, -0.25) is 4.79 Å². The van der Waals surface area contributed by atoms with Crippen LogP contribution in [0.5, 0.6) is 5.75 Å². The van der Waals surface area contributed by atoms with Crippen LogP contribution in [-0.4, -0.2) is 10.9 Å². The van der Waals surface area contributed by atoms with E-state index in [2.05, 4.69) is 12.3 Å². The number of Topliss-reactive ketones (excluding diaryl/α,β-unsaturated/α-hetero) is 1. The fourth-order valence-corrected chi connectivity index (χ4v) is 3.43. The van der Waals surface area contributed by atoms with Gasteiger partial charge in [-0.15, -0.1) is 11.3 Å². The second-order valence-electron chi connectivity index (χ2n) is 5.74. The predicted molar refractivity (Wildman–Crippen MR) is 91.6 cm³/mol. The average molecular weight is 334 g/mol. The van der Waals surface area contributed by atoms with Crippen molar-refractivity contribution < 1.29 is 14.3 Å². The van der Waals surface area contributed by atoms with Gasteiger partial charge in [0.2, 0.25) is 0 Å². The first-order valence-corrected chi connectivity index (χ1v) is 8.82. The Bertz CT molecular complexity index is 727. The van der Waals surface area contributed by atoms with Crippen molar-refractivity contribution in [2.45, 2.75) is 52.4 Å². The maximum absolute atomic E-state index is 12.3. The van der Waals surface area contributed by atoms with Crippen LogP contribution in [0.4, 0.5) is 0 Å². The zero-order valence-electron chi connectivity index (χ0n) is 13.6. The minimum absolute atomic E-state index is 0.112. The first-order chi connectivity index (χ1) is 11.0. The van der Waals surface area contributed by atoms with E-state index in [0.717, 1.165) is 17.7 Å². The molecule has 0 saturated heterocycles. The van der Waals surface area contributed by atoms with Gasteiger partial charge in [-0.2, -0.15) is 0 Å². The fourth-order valence-electron chi connectivity index (χ4n) is 2.51. The highest BCUT2D eigenvalue weighted by molar-refractivity contribution is 7.10. The third kappa shape index (κ3) is 4.79. The first-order valence-electron chi connectivity index (χ1n) is 7.94. The molecule has 0 unspecified atom stereocenters. The number of carbonyl (C=O) groups is 1. The van der Waals surface area contributed by atoms with Crippen LogP contribution in [0.15, 0.2) is 26.7 Å². The van der Waals surface area contributed by atoms with E-state index in [-0.39, 0.29) is 23.5 Å². The van der Waals surface area contributed by atoms with Crippen molar-refractivity contribution in [2.75, 3.05) is 0 Å². The Labute approximate surface area is 139 Å². The monoisotopic (exact) mass is 334 g/mol. The van der Waals surface area contributed by atoms with Crippen molar-refractivity contribution in [1.29, 1.82) is 0 Å². The molecule has 2 aromatic heterocycles. The van der Waals surface area contributed by atoms with Gasteiger partial charge in [-0.05, 0) is 36.8 Å². The van der Waals surface area contributed by atoms with Crippen LogP contribution < -0.4 is 5.63 Å². The Morgan fingerprint density at radius 3 is 2.74 bits per heavy atom. The molecule has 124 valence electrons. The molecule has 0 fully saturated rings.